The summed E-state index contributed by atoms with van der Waals surface area (Å²) >= 11 is 6.08. The Morgan fingerprint density at radius 3 is 2.95 bits per heavy atom. The summed E-state index contributed by atoms with van der Waals surface area (Å²) < 4.78 is 10.5. The van der Waals surface area contributed by atoms with E-state index in [1.165, 1.54) is 0 Å². The molecule has 1 unspecified atom stereocenters. The number of aliphatic hydroxyl groups is 1. The molecule has 1 aliphatic rings. The maximum Gasteiger partial charge on any atom is 0.231 e. The number of hydrogen-bond donors (Lipinski definition) is 2. The van der Waals surface area contributed by atoms with Crippen molar-refractivity contribution in [3.63, 3.8) is 0 Å². The average Bonchev–Trinajstić information content (AvgIpc) is 2.82. The van der Waals surface area contributed by atoms with Gasteiger partial charge in [-0.15, -0.1) is 0 Å². The molecule has 2 rings (SSSR count). The second-order valence-electron chi connectivity index (χ2n) is 4.84. The average molecular weight is 284 g/mol. The Balaban J connectivity index is 2.01. The third-order valence-corrected chi connectivity index (χ3v) is 2.94. The smallest absolute Gasteiger partial charge is 0.231 e. The highest BCUT2D eigenvalue weighted by atomic mass is 35.5. The fraction of sp³-hybridized carbons (Fsp3) is 0.429. The summed E-state index contributed by atoms with van der Waals surface area (Å²) in [7, 11) is 0. The lowest BCUT2D eigenvalue weighted by Crippen LogP contribution is -2.29. The molecule has 0 amide bonds. The van der Waals surface area contributed by atoms with Crippen molar-refractivity contribution in [1.29, 1.82) is 0 Å². The molecule has 1 heterocycles. The first kappa shape index (κ1) is 14.2. The van der Waals surface area contributed by atoms with Crippen LogP contribution in [0.25, 0.3) is 6.08 Å². The Bertz CT molecular complexity index is 474. The van der Waals surface area contributed by atoms with Crippen molar-refractivity contribution in [3.8, 4) is 11.5 Å². The molecule has 4 nitrogen and oxygen atoms in total. The first-order valence-electron chi connectivity index (χ1n) is 6.25. The molecule has 0 saturated carbocycles. The number of ether oxygens (including phenoxy) is 2. The molecule has 0 radical (unpaired) electrons. The van der Waals surface area contributed by atoms with E-state index in [9.17, 15) is 5.11 Å². The van der Waals surface area contributed by atoms with Crippen molar-refractivity contribution in [2.75, 3.05) is 13.3 Å². The van der Waals surface area contributed by atoms with Gasteiger partial charge < -0.3 is 14.6 Å². The van der Waals surface area contributed by atoms with E-state index in [4.69, 9.17) is 21.1 Å². The molecule has 0 aliphatic carbocycles. The zero-order valence-corrected chi connectivity index (χ0v) is 11.8. The molecule has 1 aliphatic heterocycles. The normalized spacial score (nSPS) is 15.4. The van der Waals surface area contributed by atoms with Gasteiger partial charge in [0.1, 0.15) is 6.23 Å². The van der Waals surface area contributed by atoms with Crippen molar-refractivity contribution in [1.82, 2.24) is 5.32 Å². The van der Waals surface area contributed by atoms with Gasteiger partial charge >= 0.3 is 0 Å². The van der Waals surface area contributed by atoms with Gasteiger partial charge in [0.05, 0.1) is 5.02 Å². The predicted molar refractivity (Wildman–Crippen MR) is 75.5 cm³/mol. The topological polar surface area (TPSA) is 50.7 Å². The second-order valence-corrected chi connectivity index (χ2v) is 5.25. The molecule has 1 aromatic rings. The Morgan fingerprint density at radius 1 is 1.42 bits per heavy atom. The molecule has 0 bridgehead atoms. The van der Waals surface area contributed by atoms with Crippen molar-refractivity contribution < 1.29 is 14.6 Å². The molecule has 0 spiro atoms. The molecule has 19 heavy (non-hydrogen) atoms. The van der Waals surface area contributed by atoms with E-state index >= 15 is 0 Å². The lowest BCUT2D eigenvalue weighted by atomic mass is 10.2. The summed E-state index contributed by atoms with van der Waals surface area (Å²) in [5.74, 6) is 1.71. The molecule has 2 N–H and O–H groups in total. The summed E-state index contributed by atoms with van der Waals surface area (Å²) in [6.45, 7) is 5.12. The first-order valence-corrected chi connectivity index (χ1v) is 6.63. The van der Waals surface area contributed by atoms with Crippen LogP contribution in [0.2, 0.25) is 5.02 Å². The lowest BCUT2D eigenvalue weighted by molar-refractivity contribution is 0.174. The number of aliphatic hydroxyl groups excluding tert-OH is 1. The van der Waals surface area contributed by atoms with Crippen molar-refractivity contribution in [3.05, 3.63) is 28.8 Å². The van der Waals surface area contributed by atoms with Crippen molar-refractivity contribution >= 4 is 17.7 Å². The molecule has 1 aromatic carbocycles. The Kier molecular flexibility index (Phi) is 4.69. The van der Waals surface area contributed by atoms with Gasteiger partial charge in [0.2, 0.25) is 6.79 Å². The molecular weight excluding hydrogens is 266 g/mol. The van der Waals surface area contributed by atoms with Crippen LogP contribution in [0.15, 0.2) is 18.2 Å². The van der Waals surface area contributed by atoms with Crippen LogP contribution in [0.5, 0.6) is 11.5 Å². The fourth-order valence-electron chi connectivity index (χ4n) is 1.71. The van der Waals surface area contributed by atoms with E-state index < -0.39 is 6.23 Å². The Hall–Kier alpha value is -1.23. The first-order chi connectivity index (χ1) is 9.06. The highest BCUT2D eigenvalue weighted by Gasteiger charge is 2.17. The van der Waals surface area contributed by atoms with E-state index in [2.05, 4.69) is 19.2 Å². The van der Waals surface area contributed by atoms with Crippen LogP contribution in [0.4, 0.5) is 0 Å². The number of halogens is 1. The van der Waals surface area contributed by atoms with Gasteiger partial charge in [-0.1, -0.05) is 31.5 Å². The molecule has 0 saturated heterocycles. The third-order valence-electron chi connectivity index (χ3n) is 2.66. The summed E-state index contributed by atoms with van der Waals surface area (Å²) in [6.07, 6.45) is 2.80. The van der Waals surface area contributed by atoms with Crippen LogP contribution in [0.3, 0.4) is 0 Å². The number of benzene rings is 1. The number of fused-ring (bicyclic) bond motifs is 1. The molecule has 1 atom stereocenters. The maximum atomic E-state index is 9.74. The van der Waals surface area contributed by atoms with Gasteiger partial charge in [-0.2, -0.15) is 0 Å². The molecular formula is C14H18ClNO3. The Labute approximate surface area is 118 Å². The maximum absolute atomic E-state index is 9.74. The molecule has 0 fully saturated rings. The van der Waals surface area contributed by atoms with Crippen LogP contribution in [0, 0.1) is 5.92 Å². The minimum absolute atomic E-state index is 0.195. The largest absolute Gasteiger partial charge is 0.454 e. The highest BCUT2D eigenvalue weighted by molar-refractivity contribution is 6.32. The Morgan fingerprint density at radius 2 is 2.21 bits per heavy atom. The molecule has 104 valence electrons. The molecule has 5 heteroatoms. The van der Waals surface area contributed by atoms with E-state index in [1.807, 2.05) is 6.07 Å². The van der Waals surface area contributed by atoms with E-state index in [1.54, 1.807) is 18.2 Å². The van der Waals surface area contributed by atoms with Crippen LogP contribution in [-0.4, -0.2) is 24.7 Å². The van der Waals surface area contributed by atoms with Crippen molar-refractivity contribution in [2.24, 2.45) is 5.92 Å². The van der Waals surface area contributed by atoms with E-state index in [-0.39, 0.29) is 6.79 Å². The van der Waals surface area contributed by atoms with Crippen molar-refractivity contribution in [2.45, 2.75) is 20.1 Å². The SMILES string of the molecule is CC(C)CNC(O)C=Cc1cc(Cl)c2c(c1)OCO2. The fourth-order valence-corrected chi connectivity index (χ4v) is 1.98. The number of nitrogens with one attached hydrogen (secondary N) is 1. The third kappa shape index (κ3) is 3.86. The predicted octanol–water partition coefficient (Wildman–Crippen LogP) is 2.65. The van der Waals surface area contributed by atoms with Gasteiger partial charge in [-0.05, 0) is 29.7 Å². The van der Waals surface area contributed by atoms with Gasteiger partial charge in [-0.25, -0.2) is 0 Å². The van der Waals surface area contributed by atoms with Crippen LogP contribution in [-0.2, 0) is 0 Å². The van der Waals surface area contributed by atoms with Gasteiger partial charge in [0.25, 0.3) is 0 Å². The van der Waals surface area contributed by atoms with E-state index in [0.717, 1.165) is 12.1 Å². The lowest BCUT2D eigenvalue weighted by Gasteiger charge is -2.10. The van der Waals surface area contributed by atoms with Crippen LogP contribution < -0.4 is 14.8 Å². The second kappa shape index (κ2) is 6.28. The quantitative estimate of drug-likeness (QED) is 0.816. The standard InChI is InChI=1S/C14H18ClNO3/c1-9(2)7-16-13(17)4-3-10-5-11(15)14-12(6-10)18-8-19-14/h3-6,9,13,16-17H,7-8H2,1-2H3. The van der Waals surface area contributed by atoms with Gasteiger partial charge in [0, 0.05) is 6.54 Å². The summed E-state index contributed by atoms with van der Waals surface area (Å²) in [6, 6.07) is 3.61. The van der Waals surface area contributed by atoms with E-state index in [0.29, 0.717) is 22.4 Å². The minimum atomic E-state index is -0.674. The minimum Gasteiger partial charge on any atom is -0.454 e. The highest BCUT2D eigenvalue weighted by Crippen LogP contribution is 2.40. The summed E-state index contributed by atoms with van der Waals surface area (Å²) in [5, 5.41) is 13.2. The zero-order chi connectivity index (χ0) is 13.8. The summed E-state index contributed by atoms with van der Waals surface area (Å²) in [4.78, 5) is 0. The van der Waals surface area contributed by atoms with Crippen LogP contribution in [0.1, 0.15) is 19.4 Å². The van der Waals surface area contributed by atoms with Gasteiger partial charge in [-0.3, -0.25) is 5.32 Å². The monoisotopic (exact) mass is 283 g/mol. The number of rotatable bonds is 5. The number of hydrogen-bond acceptors (Lipinski definition) is 4. The van der Waals surface area contributed by atoms with Gasteiger partial charge in [0.15, 0.2) is 11.5 Å². The van der Waals surface area contributed by atoms with Crippen LogP contribution >= 0.6 is 11.6 Å². The summed E-state index contributed by atoms with van der Waals surface area (Å²) in [5.41, 5.74) is 0.861. The zero-order valence-electron chi connectivity index (χ0n) is 11.0. The molecule has 0 aromatic heterocycles.